The van der Waals surface area contributed by atoms with Gasteiger partial charge in [0.05, 0.1) is 11.2 Å². The molecule has 0 aromatic heterocycles. The first-order chi connectivity index (χ1) is 13.5. The first-order valence-corrected chi connectivity index (χ1v) is 7.26. The van der Waals surface area contributed by atoms with Crippen LogP contribution in [0.2, 0.25) is 0 Å². The Hall–Kier alpha value is -0.930. The Bertz CT molecular complexity index is 861. The molecule has 0 spiro atoms. The molecule has 0 N–H and O–H groups in total. The van der Waals surface area contributed by atoms with Crippen LogP contribution in [0.1, 0.15) is 71.9 Å². The van der Waals surface area contributed by atoms with Crippen LogP contribution in [0.3, 0.4) is 0 Å². The summed E-state index contributed by atoms with van der Waals surface area (Å²) in [4.78, 5) is 0.174. The first-order valence-electron chi connectivity index (χ1n) is 11.8. The Morgan fingerprint density at radius 3 is 2.55 bits per heavy atom. The predicted octanol–water partition coefficient (Wildman–Crippen LogP) is 4.51. The van der Waals surface area contributed by atoms with Gasteiger partial charge < -0.3 is 4.74 Å². The number of halogens is 1. The van der Waals surface area contributed by atoms with E-state index >= 15 is 4.39 Å². The zero-order valence-corrected chi connectivity index (χ0v) is 14.0. The normalized spacial score (nSPS) is 38.0. The van der Waals surface area contributed by atoms with Gasteiger partial charge in [-0.1, -0.05) is 39.0 Å². The van der Waals surface area contributed by atoms with Crippen molar-refractivity contribution in [3.8, 4) is 0 Å². The van der Waals surface area contributed by atoms with E-state index in [1.165, 1.54) is 26.0 Å². The minimum Gasteiger partial charge on any atom is -0.367 e. The molecule has 0 saturated carbocycles. The van der Waals surface area contributed by atoms with Crippen LogP contribution in [0.25, 0.3) is 0 Å². The maximum absolute atomic E-state index is 15.5. The van der Waals surface area contributed by atoms with E-state index < -0.39 is 54.3 Å². The molecule has 0 radical (unpaired) electrons. The minimum atomic E-state index is -3.19. The number of hydrogen-bond donors (Lipinski definition) is 0. The zero-order valence-electron chi connectivity index (χ0n) is 23.0. The fourth-order valence-corrected chi connectivity index (χ4v) is 2.44. The average Bonchev–Trinajstić information content (AvgIpc) is 2.49. The number of morpholine rings is 1. The highest BCUT2D eigenvalue weighted by molar-refractivity contribution is 5.31. The van der Waals surface area contributed by atoms with Gasteiger partial charge in [0.15, 0.2) is 0 Å². The predicted molar refractivity (Wildman–Crippen MR) is 89.6 cm³/mol. The largest absolute Gasteiger partial charge is 0.367 e. The maximum Gasteiger partial charge on any atom is 0.131 e. The highest BCUT2D eigenvalue weighted by atomic mass is 19.1. The molecular weight excluding hydrogens is 277 g/mol. The van der Waals surface area contributed by atoms with Crippen LogP contribution >= 0.6 is 0 Å². The van der Waals surface area contributed by atoms with Crippen molar-refractivity contribution in [3.63, 3.8) is 0 Å². The molecule has 1 aliphatic heterocycles. The summed E-state index contributed by atoms with van der Waals surface area (Å²) in [5, 5.41) is 0. The van der Waals surface area contributed by atoms with Crippen LogP contribution < -0.4 is 0 Å². The van der Waals surface area contributed by atoms with Crippen LogP contribution in [0.15, 0.2) is 18.2 Å². The SMILES string of the molecule is [2H]C([2H])(c1cccc(C(C)(C)C)c1F)N1C([2H])([2H])C(C)(C)OC(C)(C([2H])([2H])[2H])C1([2H])[2H]. The molecular formula is C19H30FNO. The topological polar surface area (TPSA) is 12.5 Å². The van der Waals surface area contributed by atoms with E-state index in [0.29, 0.717) is 0 Å². The number of ether oxygens (including phenoxy) is 1. The number of nitrogens with zero attached hydrogens (tertiary/aromatic N) is 1. The first kappa shape index (κ1) is 8.79. The third-order valence-corrected chi connectivity index (χ3v) is 3.20. The van der Waals surface area contributed by atoms with Crippen LogP contribution in [0.5, 0.6) is 0 Å². The van der Waals surface area contributed by atoms with Gasteiger partial charge in [-0.05, 0) is 38.6 Å². The smallest absolute Gasteiger partial charge is 0.131 e. The second kappa shape index (κ2) is 5.61. The fourth-order valence-electron chi connectivity index (χ4n) is 2.44. The van der Waals surface area contributed by atoms with Gasteiger partial charge in [-0.3, -0.25) is 4.90 Å². The lowest BCUT2D eigenvalue weighted by Crippen LogP contribution is -2.56. The molecule has 1 unspecified atom stereocenters. The van der Waals surface area contributed by atoms with Crippen molar-refractivity contribution in [3.05, 3.63) is 35.1 Å². The Morgan fingerprint density at radius 1 is 1.32 bits per heavy atom. The van der Waals surface area contributed by atoms with E-state index in [0.717, 1.165) is 13.0 Å². The van der Waals surface area contributed by atoms with Gasteiger partial charge in [0.2, 0.25) is 0 Å². The zero-order chi connectivity index (χ0) is 24.6. The summed E-state index contributed by atoms with van der Waals surface area (Å²) in [5.74, 6) is -0.938. The van der Waals surface area contributed by atoms with E-state index in [2.05, 4.69) is 0 Å². The molecule has 0 amide bonds. The highest BCUT2D eigenvalue weighted by Gasteiger charge is 2.38. The second-order valence-corrected chi connectivity index (χ2v) is 7.23. The molecule has 0 bridgehead atoms. The molecule has 2 rings (SSSR count). The quantitative estimate of drug-likeness (QED) is 0.796. The van der Waals surface area contributed by atoms with E-state index in [1.807, 2.05) is 0 Å². The van der Waals surface area contributed by atoms with Crippen molar-refractivity contribution in [1.82, 2.24) is 4.90 Å². The van der Waals surface area contributed by atoms with Crippen molar-refractivity contribution < 1.29 is 21.5 Å². The molecule has 3 heteroatoms. The molecule has 124 valence electrons. The Balaban J connectivity index is 2.88. The average molecular weight is 317 g/mol. The molecule has 0 aliphatic carbocycles. The van der Waals surface area contributed by atoms with Crippen LogP contribution in [0, 0.1) is 5.82 Å². The lowest BCUT2D eigenvalue weighted by molar-refractivity contribution is -0.182. The summed E-state index contributed by atoms with van der Waals surface area (Å²) in [6.07, 6.45) is 0. The molecule has 1 atom stereocenters. The van der Waals surface area contributed by atoms with Crippen molar-refractivity contribution >= 4 is 0 Å². The summed E-state index contributed by atoms with van der Waals surface area (Å²) in [6.45, 7) is -3.60. The Kier molecular flexibility index (Phi) is 2.24. The van der Waals surface area contributed by atoms with Crippen LogP contribution in [0.4, 0.5) is 4.39 Å². The van der Waals surface area contributed by atoms with Crippen LogP contribution in [-0.4, -0.2) is 29.1 Å². The fraction of sp³-hybridized carbons (Fsp3) is 0.684. The summed E-state index contributed by atoms with van der Waals surface area (Å²) in [7, 11) is 0. The standard InChI is InChI=1S/C19H30FNO/c1-17(2,3)15-10-8-9-14(16(15)20)11-21-12-18(4,5)22-19(6,7)13-21/h8-10H,11-13H2,1-7H3/i4D3,11D2,12D2,13D2. The summed E-state index contributed by atoms with van der Waals surface area (Å²) >= 11 is 0. The summed E-state index contributed by atoms with van der Waals surface area (Å²) < 4.78 is 96.3. The Morgan fingerprint density at radius 2 is 1.95 bits per heavy atom. The number of rotatable bonds is 2. The van der Waals surface area contributed by atoms with Gasteiger partial charge in [0, 0.05) is 37.4 Å². The van der Waals surface area contributed by atoms with Crippen molar-refractivity contribution in [2.24, 2.45) is 0 Å². The van der Waals surface area contributed by atoms with E-state index in [1.54, 1.807) is 20.8 Å². The van der Waals surface area contributed by atoms with Gasteiger partial charge in [-0.25, -0.2) is 4.39 Å². The van der Waals surface area contributed by atoms with Crippen molar-refractivity contribution in [2.45, 2.75) is 71.5 Å². The molecule has 1 aromatic rings. The molecule has 1 aromatic carbocycles. The van der Waals surface area contributed by atoms with Gasteiger partial charge in [0.25, 0.3) is 0 Å². The van der Waals surface area contributed by atoms with Gasteiger partial charge in [0.1, 0.15) is 5.82 Å². The van der Waals surface area contributed by atoms with Gasteiger partial charge >= 0.3 is 0 Å². The summed E-state index contributed by atoms with van der Waals surface area (Å²) in [5.41, 5.74) is -5.68. The summed E-state index contributed by atoms with van der Waals surface area (Å²) in [6, 6.07) is 4.01. The lowest BCUT2D eigenvalue weighted by Gasteiger charge is -2.47. The molecule has 1 fully saturated rings. The number of benzene rings is 1. The van der Waals surface area contributed by atoms with E-state index in [9.17, 15) is 0 Å². The monoisotopic (exact) mass is 316 g/mol. The molecule has 1 heterocycles. The molecule has 1 saturated heterocycles. The lowest BCUT2D eigenvalue weighted by atomic mass is 9.85. The highest BCUT2D eigenvalue weighted by Crippen LogP contribution is 2.31. The molecule has 2 nitrogen and oxygen atoms in total. The van der Waals surface area contributed by atoms with Crippen molar-refractivity contribution in [1.29, 1.82) is 0 Å². The van der Waals surface area contributed by atoms with E-state index in [-0.39, 0.29) is 10.5 Å². The van der Waals surface area contributed by atoms with Crippen LogP contribution in [-0.2, 0) is 16.6 Å². The van der Waals surface area contributed by atoms with Crippen molar-refractivity contribution in [2.75, 3.05) is 13.0 Å². The van der Waals surface area contributed by atoms with Gasteiger partial charge in [-0.15, -0.1) is 0 Å². The second-order valence-electron chi connectivity index (χ2n) is 7.23. The minimum absolute atomic E-state index is 0.168. The number of hydrogen-bond acceptors (Lipinski definition) is 2. The third kappa shape index (κ3) is 4.08. The van der Waals surface area contributed by atoms with E-state index in [4.69, 9.17) is 17.1 Å². The molecule has 22 heavy (non-hydrogen) atoms. The maximum atomic E-state index is 15.5. The molecule has 1 aliphatic rings. The Labute approximate surface area is 147 Å². The third-order valence-electron chi connectivity index (χ3n) is 3.20. The van der Waals surface area contributed by atoms with Gasteiger partial charge in [-0.2, -0.15) is 0 Å².